The molecular weight excluding hydrogens is 341 g/mol. The Morgan fingerprint density at radius 2 is 1.69 bits per heavy atom. The highest BCUT2D eigenvalue weighted by molar-refractivity contribution is 5.50. The molecule has 3 rings (SSSR count). The second-order valence-corrected chi connectivity index (χ2v) is 6.55. The van der Waals surface area contributed by atoms with Crippen LogP contribution in [0.1, 0.15) is 35.6 Å². The van der Waals surface area contributed by atoms with Crippen LogP contribution in [0.5, 0.6) is 0 Å². The van der Waals surface area contributed by atoms with Gasteiger partial charge < -0.3 is 9.84 Å². The Bertz CT molecular complexity index is 723. The molecule has 138 valence electrons. The van der Waals surface area contributed by atoms with E-state index in [1.165, 1.54) is 12.1 Å². The van der Waals surface area contributed by atoms with Crippen LogP contribution in [0.15, 0.2) is 60.7 Å². The van der Waals surface area contributed by atoms with Gasteiger partial charge in [-0.05, 0) is 42.0 Å². The van der Waals surface area contributed by atoms with Crippen molar-refractivity contribution in [1.82, 2.24) is 0 Å². The average molecular weight is 362 g/mol. The first kappa shape index (κ1) is 18.7. The smallest absolute Gasteiger partial charge is 0.394 e. The molecule has 0 amide bonds. The van der Waals surface area contributed by atoms with Crippen molar-refractivity contribution in [3.05, 3.63) is 77.4 Å². The van der Waals surface area contributed by atoms with E-state index in [4.69, 9.17) is 4.74 Å². The Labute approximate surface area is 150 Å². The molecule has 26 heavy (non-hydrogen) atoms. The van der Waals surface area contributed by atoms with Crippen LogP contribution < -0.4 is 0 Å². The summed E-state index contributed by atoms with van der Waals surface area (Å²) >= 11 is 0. The lowest BCUT2D eigenvalue weighted by atomic mass is 9.88. The minimum absolute atomic E-state index is 0.0477. The quantitative estimate of drug-likeness (QED) is 0.805. The van der Waals surface area contributed by atoms with Gasteiger partial charge in [0, 0.05) is 0 Å². The molecule has 0 unspecified atom stereocenters. The van der Waals surface area contributed by atoms with Crippen molar-refractivity contribution >= 4 is 6.08 Å². The Kier molecular flexibility index (Phi) is 5.79. The maximum absolute atomic E-state index is 12.6. The summed E-state index contributed by atoms with van der Waals surface area (Å²) in [5, 5.41) is 9.51. The number of aliphatic hydroxyl groups excluding tert-OH is 1. The average Bonchev–Trinajstić information content (AvgIpc) is 2.66. The van der Waals surface area contributed by atoms with E-state index >= 15 is 0 Å². The zero-order chi connectivity index (χ0) is 18.6. The Morgan fingerprint density at radius 3 is 2.31 bits per heavy atom. The van der Waals surface area contributed by atoms with Crippen molar-refractivity contribution in [2.45, 2.75) is 31.2 Å². The number of halogens is 3. The number of rotatable bonds is 4. The van der Waals surface area contributed by atoms with Crippen LogP contribution in [0, 0.1) is 5.92 Å². The maximum atomic E-state index is 12.6. The Morgan fingerprint density at radius 1 is 1.00 bits per heavy atom. The highest BCUT2D eigenvalue weighted by Crippen LogP contribution is 2.36. The van der Waals surface area contributed by atoms with Crippen molar-refractivity contribution in [1.29, 1.82) is 0 Å². The van der Waals surface area contributed by atoms with E-state index in [1.54, 1.807) is 0 Å². The number of hydrogen-bond acceptors (Lipinski definition) is 2. The fourth-order valence-corrected chi connectivity index (χ4v) is 3.24. The SMILES string of the molecule is OC[C@@H]1C[C@@H](/C=C/c2ccc(C(F)(F)F)cc2)C[C@H](c2ccccc2)O1. The normalized spacial score (nSPS) is 24.1. The zero-order valence-corrected chi connectivity index (χ0v) is 14.2. The molecule has 2 aromatic rings. The largest absolute Gasteiger partial charge is 0.416 e. The van der Waals surface area contributed by atoms with Crippen LogP contribution in [0.2, 0.25) is 0 Å². The number of allylic oxidation sites excluding steroid dienone is 1. The van der Waals surface area contributed by atoms with Gasteiger partial charge in [-0.2, -0.15) is 13.2 Å². The predicted octanol–water partition coefficient (Wildman–Crippen LogP) is 5.25. The standard InChI is InChI=1S/C21H21F3O2/c22-21(23,24)18-10-8-15(9-11-18)6-7-16-12-19(14-25)26-20(13-16)17-4-2-1-3-5-17/h1-11,16,19-20,25H,12-14H2/b7-6+/t16-,19+,20-/m1/s1. The number of hydrogen-bond donors (Lipinski definition) is 1. The lowest BCUT2D eigenvalue weighted by Gasteiger charge is -2.33. The molecular formula is C21H21F3O2. The van der Waals surface area contributed by atoms with Crippen LogP contribution in [0.25, 0.3) is 6.08 Å². The Balaban J connectivity index is 1.70. The molecule has 2 aromatic carbocycles. The summed E-state index contributed by atoms with van der Waals surface area (Å²) in [5.74, 6) is 0.188. The van der Waals surface area contributed by atoms with E-state index in [1.807, 2.05) is 42.5 Å². The molecule has 0 radical (unpaired) electrons. The fraction of sp³-hybridized carbons (Fsp3) is 0.333. The number of aliphatic hydroxyl groups is 1. The van der Waals surface area contributed by atoms with Crippen LogP contribution >= 0.6 is 0 Å². The maximum Gasteiger partial charge on any atom is 0.416 e. The number of ether oxygens (including phenoxy) is 1. The van der Waals surface area contributed by atoms with Crippen LogP contribution in [0.3, 0.4) is 0 Å². The summed E-state index contributed by atoms with van der Waals surface area (Å²) < 4.78 is 43.8. The number of benzene rings is 2. The van der Waals surface area contributed by atoms with E-state index in [9.17, 15) is 18.3 Å². The van der Waals surface area contributed by atoms with Gasteiger partial charge in [0.15, 0.2) is 0 Å². The van der Waals surface area contributed by atoms with Crippen LogP contribution in [-0.4, -0.2) is 17.8 Å². The third-order valence-electron chi connectivity index (χ3n) is 4.61. The number of alkyl halides is 3. The van der Waals surface area contributed by atoms with E-state index in [2.05, 4.69) is 0 Å². The summed E-state index contributed by atoms with van der Waals surface area (Å²) in [4.78, 5) is 0. The highest BCUT2D eigenvalue weighted by Gasteiger charge is 2.30. The molecule has 0 bridgehead atoms. The first-order valence-electron chi connectivity index (χ1n) is 8.62. The molecule has 3 atom stereocenters. The second-order valence-electron chi connectivity index (χ2n) is 6.55. The van der Waals surface area contributed by atoms with Gasteiger partial charge in [0.05, 0.1) is 24.4 Å². The molecule has 1 fully saturated rings. The predicted molar refractivity (Wildman–Crippen MR) is 94.3 cm³/mol. The van der Waals surface area contributed by atoms with Crippen molar-refractivity contribution in [3.63, 3.8) is 0 Å². The topological polar surface area (TPSA) is 29.5 Å². The minimum atomic E-state index is -4.32. The van der Waals surface area contributed by atoms with E-state index < -0.39 is 11.7 Å². The first-order chi connectivity index (χ1) is 12.5. The van der Waals surface area contributed by atoms with Crippen LogP contribution in [0.4, 0.5) is 13.2 Å². The molecule has 5 heteroatoms. The molecule has 0 spiro atoms. The van der Waals surface area contributed by atoms with Gasteiger partial charge in [0.1, 0.15) is 0 Å². The highest BCUT2D eigenvalue weighted by atomic mass is 19.4. The summed E-state index contributed by atoms with van der Waals surface area (Å²) in [6.07, 6.45) is 0.658. The molecule has 2 nitrogen and oxygen atoms in total. The zero-order valence-electron chi connectivity index (χ0n) is 14.2. The summed E-state index contributed by atoms with van der Waals surface area (Å²) in [6, 6.07) is 15.0. The molecule has 1 N–H and O–H groups in total. The van der Waals surface area contributed by atoms with E-state index in [-0.39, 0.29) is 24.7 Å². The van der Waals surface area contributed by atoms with Gasteiger partial charge in [-0.25, -0.2) is 0 Å². The van der Waals surface area contributed by atoms with Gasteiger partial charge in [0.2, 0.25) is 0 Å². The second kappa shape index (κ2) is 8.06. The molecule has 0 aliphatic carbocycles. The van der Waals surface area contributed by atoms with E-state index in [0.29, 0.717) is 6.42 Å². The summed E-state index contributed by atoms with van der Waals surface area (Å²) in [7, 11) is 0. The third-order valence-corrected chi connectivity index (χ3v) is 4.61. The fourth-order valence-electron chi connectivity index (χ4n) is 3.24. The molecule has 1 heterocycles. The molecule has 1 aliphatic heterocycles. The molecule has 0 saturated carbocycles. The van der Waals surface area contributed by atoms with Gasteiger partial charge in [0.25, 0.3) is 0 Å². The van der Waals surface area contributed by atoms with Gasteiger partial charge >= 0.3 is 6.18 Å². The van der Waals surface area contributed by atoms with Crippen molar-refractivity contribution in [3.8, 4) is 0 Å². The monoisotopic (exact) mass is 362 g/mol. The van der Waals surface area contributed by atoms with Crippen molar-refractivity contribution in [2.75, 3.05) is 6.61 Å². The molecule has 0 aromatic heterocycles. The van der Waals surface area contributed by atoms with Crippen LogP contribution in [-0.2, 0) is 10.9 Å². The van der Waals surface area contributed by atoms with Crippen molar-refractivity contribution in [2.24, 2.45) is 5.92 Å². The minimum Gasteiger partial charge on any atom is -0.394 e. The van der Waals surface area contributed by atoms with E-state index in [0.717, 1.165) is 29.7 Å². The van der Waals surface area contributed by atoms with Gasteiger partial charge in [-0.1, -0.05) is 54.6 Å². The lowest BCUT2D eigenvalue weighted by Crippen LogP contribution is -2.30. The lowest BCUT2D eigenvalue weighted by molar-refractivity contribution is -0.137. The summed E-state index contributed by atoms with van der Waals surface area (Å²) in [5.41, 5.74) is 1.14. The molecule has 1 aliphatic rings. The van der Waals surface area contributed by atoms with Gasteiger partial charge in [-0.15, -0.1) is 0 Å². The van der Waals surface area contributed by atoms with Crippen molar-refractivity contribution < 1.29 is 23.0 Å². The summed E-state index contributed by atoms with van der Waals surface area (Å²) in [6.45, 7) is -0.0477. The van der Waals surface area contributed by atoms with Gasteiger partial charge in [-0.3, -0.25) is 0 Å². The third kappa shape index (κ3) is 4.74. The molecule has 1 saturated heterocycles. The Hall–Kier alpha value is -2.11. The first-order valence-corrected chi connectivity index (χ1v) is 8.62.